The van der Waals surface area contributed by atoms with E-state index in [9.17, 15) is 4.39 Å². The number of aromatic nitrogens is 2. The summed E-state index contributed by atoms with van der Waals surface area (Å²) in [6, 6.07) is 6.64. The van der Waals surface area contributed by atoms with Crippen molar-refractivity contribution >= 4 is 23.1 Å². The Morgan fingerprint density at radius 2 is 2.11 bits per heavy atom. The van der Waals surface area contributed by atoms with Crippen molar-refractivity contribution in [2.24, 2.45) is 0 Å². The molecule has 0 unspecified atom stereocenters. The number of halogens is 1. The average molecular weight is 283 g/mol. The van der Waals surface area contributed by atoms with E-state index in [1.54, 1.807) is 28.6 Å². The summed E-state index contributed by atoms with van der Waals surface area (Å²) in [4.78, 5) is 2.21. The molecule has 0 aliphatic rings. The molecule has 0 amide bonds. The van der Waals surface area contributed by atoms with Gasteiger partial charge < -0.3 is 4.90 Å². The average Bonchev–Trinajstić information content (AvgIpc) is 2.85. The molecule has 0 radical (unpaired) electrons. The van der Waals surface area contributed by atoms with Gasteiger partial charge in [-0.3, -0.25) is 0 Å². The minimum Gasteiger partial charge on any atom is -0.301 e. The van der Waals surface area contributed by atoms with E-state index < -0.39 is 0 Å². The molecule has 0 fully saturated rings. The molecule has 0 saturated carbocycles. The van der Waals surface area contributed by atoms with Crippen molar-refractivity contribution in [1.82, 2.24) is 15.1 Å². The predicted molar refractivity (Wildman–Crippen MR) is 73.4 cm³/mol. The first-order chi connectivity index (χ1) is 8.74. The van der Waals surface area contributed by atoms with Gasteiger partial charge in [-0.15, -0.1) is 10.2 Å². The zero-order chi connectivity index (χ0) is 12.8. The van der Waals surface area contributed by atoms with Gasteiger partial charge in [-0.1, -0.05) is 35.2 Å². The van der Waals surface area contributed by atoms with Gasteiger partial charge >= 0.3 is 0 Å². The van der Waals surface area contributed by atoms with E-state index in [-0.39, 0.29) is 5.82 Å². The van der Waals surface area contributed by atoms with Gasteiger partial charge in [0.15, 0.2) is 4.34 Å². The van der Waals surface area contributed by atoms with Crippen LogP contribution in [0.15, 0.2) is 34.1 Å². The first-order valence-electron chi connectivity index (χ1n) is 5.56. The molecule has 0 aliphatic carbocycles. The molecule has 0 bridgehead atoms. The molecular formula is C12H14FN3S2. The smallest absolute Gasteiger partial charge is 0.174 e. The Balaban J connectivity index is 1.71. The van der Waals surface area contributed by atoms with E-state index in [0.29, 0.717) is 0 Å². The van der Waals surface area contributed by atoms with Gasteiger partial charge in [0, 0.05) is 18.8 Å². The molecule has 0 atom stereocenters. The number of thioether (sulfide) groups is 1. The van der Waals surface area contributed by atoms with E-state index >= 15 is 0 Å². The number of hydrogen-bond donors (Lipinski definition) is 0. The Morgan fingerprint density at radius 3 is 2.78 bits per heavy atom. The van der Waals surface area contributed by atoms with Crippen LogP contribution >= 0.6 is 23.1 Å². The molecule has 1 aromatic heterocycles. The standard InChI is InChI=1S/C12H14FN3S2/c1-16(6-7-17-12-15-14-9-18-12)8-10-2-4-11(13)5-3-10/h2-5,9H,6-8H2,1H3. The Morgan fingerprint density at radius 1 is 1.33 bits per heavy atom. The fourth-order valence-electron chi connectivity index (χ4n) is 1.50. The minimum atomic E-state index is -0.187. The van der Waals surface area contributed by atoms with Crippen molar-refractivity contribution < 1.29 is 4.39 Å². The molecule has 0 aliphatic heterocycles. The summed E-state index contributed by atoms with van der Waals surface area (Å²) >= 11 is 3.27. The monoisotopic (exact) mass is 283 g/mol. The summed E-state index contributed by atoms with van der Waals surface area (Å²) in [5, 5.41) is 7.77. The Hall–Kier alpha value is -0.980. The van der Waals surface area contributed by atoms with E-state index in [4.69, 9.17) is 0 Å². The maximum Gasteiger partial charge on any atom is 0.174 e. The maximum atomic E-state index is 12.8. The van der Waals surface area contributed by atoms with Crippen LogP contribution in [0.5, 0.6) is 0 Å². The third kappa shape index (κ3) is 4.36. The Labute approximate surface area is 114 Å². The summed E-state index contributed by atoms with van der Waals surface area (Å²) in [5.41, 5.74) is 2.87. The van der Waals surface area contributed by atoms with Crippen LogP contribution in [-0.4, -0.2) is 34.4 Å². The van der Waals surface area contributed by atoms with Gasteiger partial charge in [0.2, 0.25) is 0 Å². The van der Waals surface area contributed by atoms with Gasteiger partial charge in [-0.2, -0.15) is 0 Å². The topological polar surface area (TPSA) is 29.0 Å². The SMILES string of the molecule is CN(CCSc1nncs1)Cc1ccc(F)cc1. The van der Waals surface area contributed by atoms with E-state index in [1.807, 2.05) is 12.1 Å². The quantitative estimate of drug-likeness (QED) is 0.762. The summed E-state index contributed by atoms with van der Waals surface area (Å²) in [6.45, 7) is 1.79. The van der Waals surface area contributed by atoms with Crippen LogP contribution in [0.1, 0.15) is 5.56 Å². The lowest BCUT2D eigenvalue weighted by Crippen LogP contribution is -2.20. The summed E-state index contributed by atoms with van der Waals surface area (Å²) in [5.74, 6) is 0.792. The highest BCUT2D eigenvalue weighted by atomic mass is 32.2. The van der Waals surface area contributed by atoms with Gasteiger partial charge in [-0.05, 0) is 24.7 Å². The fraction of sp³-hybridized carbons (Fsp3) is 0.333. The molecular weight excluding hydrogens is 269 g/mol. The van der Waals surface area contributed by atoms with E-state index in [2.05, 4.69) is 22.1 Å². The third-order valence-electron chi connectivity index (χ3n) is 2.40. The highest BCUT2D eigenvalue weighted by Gasteiger charge is 2.02. The van der Waals surface area contributed by atoms with Crippen molar-refractivity contribution in [3.8, 4) is 0 Å². The van der Waals surface area contributed by atoms with Gasteiger partial charge in [0.25, 0.3) is 0 Å². The number of rotatable bonds is 6. The largest absolute Gasteiger partial charge is 0.301 e. The van der Waals surface area contributed by atoms with Crippen molar-refractivity contribution in [2.75, 3.05) is 19.3 Å². The third-order valence-corrected chi connectivity index (χ3v) is 4.24. The molecule has 96 valence electrons. The second kappa shape index (κ2) is 6.82. The summed E-state index contributed by atoms with van der Waals surface area (Å²) < 4.78 is 13.8. The number of benzene rings is 1. The normalized spacial score (nSPS) is 11.1. The van der Waals surface area contributed by atoms with Crippen LogP contribution in [0.25, 0.3) is 0 Å². The zero-order valence-corrected chi connectivity index (χ0v) is 11.7. The second-order valence-corrected chi connectivity index (χ2v) is 6.09. The van der Waals surface area contributed by atoms with Crippen LogP contribution in [0, 0.1) is 5.82 Å². The molecule has 2 rings (SSSR count). The minimum absolute atomic E-state index is 0.187. The van der Waals surface area contributed by atoms with Crippen LogP contribution < -0.4 is 0 Å². The highest BCUT2D eigenvalue weighted by molar-refractivity contribution is 8.01. The Bertz CT molecular complexity index is 459. The van der Waals surface area contributed by atoms with Crippen LogP contribution in [0.3, 0.4) is 0 Å². The lowest BCUT2D eigenvalue weighted by molar-refractivity contribution is 0.348. The van der Waals surface area contributed by atoms with Gasteiger partial charge in [-0.25, -0.2) is 4.39 Å². The molecule has 1 heterocycles. The molecule has 18 heavy (non-hydrogen) atoms. The lowest BCUT2D eigenvalue weighted by Gasteiger charge is -2.15. The Kier molecular flexibility index (Phi) is 5.10. The first kappa shape index (κ1) is 13.5. The van der Waals surface area contributed by atoms with Crippen LogP contribution in [0.2, 0.25) is 0 Å². The second-order valence-electron chi connectivity index (χ2n) is 3.92. The molecule has 0 N–H and O–H groups in total. The van der Waals surface area contributed by atoms with Crippen molar-refractivity contribution in [3.05, 3.63) is 41.2 Å². The van der Waals surface area contributed by atoms with Gasteiger partial charge in [0.1, 0.15) is 11.3 Å². The fourth-order valence-corrected chi connectivity index (χ4v) is 3.11. The molecule has 1 aromatic carbocycles. The zero-order valence-electron chi connectivity index (χ0n) is 10.0. The molecule has 0 saturated heterocycles. The summed E-state index contributed by atoms with van der Waals surface area (Å²) in [6.07, 6.45) is 0. The first-order valence-corrected chi connectivity index (χ1v) is 7.42. The van der Waals surface area contributed by atoms with Gasteiger partial charge in [0.05, 0.1) is 0 Å². The van der Waals surface area contributed by atoms with Crippen molar-refractivity contribution in [1.29, 1.82) is 0 Å². The summed E-state index contributed by atoms with van der Waals surface area (Å²) in [7, 11) is 2.06. The molecule has 0 spiro atoms. The maximum absolute atomic E-state index is 12.8. The highest BCUT2D eigenvalue weighted by Crippen LogP contribution is 2.18. The number of hydrogen-bond acceptors (Lipinski definition) is 5. The lowest BCUT2D eigenvalue weighted by atomic mass is 10.2. The molecule has 6 heteroatoms. The van der Waals surface area contributed by atoms with Crippen molar-refractivity contribution in [2.45, 2.75) is 10.9 Å². The molecule has 2 aromatic rings. The number of nitrogens with zero attached hydrogens (tertiary/aromatic N) is 3. The van der Waals surface area contributed by atoms with E-state index in [0.717, 1.165) is 28.7 Å². The van der Waals surface area contributed by atoms with Crippen LogP contribution in [-0.2, 0) is 6.54 Å². The van der Waals surface area contributed by atoms with E-state index in [1.165, 1.54) is 12.1 Å². The predicted octanol–water partition coefficient (Wildman–Crippen LogP) is 2.90. The molecule has 3 nitrogen and oxygen atoms in total. The van der Waals surface area contributed by atoms with Crippen LogP contribution in [0.4, 0.5) is 4.39 Å². The van der Waals surface area contributed by atoms with Crippen molar-refractivity contribution in [3.63, 3.8) is 0 Å².